The van der Waals surface area contributed by atoms with Crippen LogP contribution in [0.25, 0.3) is 10.9 Å². The van der Waals surface area contributed by atoms with Crippen LogP contribution in [-0.4, -0.2) is 34.9 Å². The predicted molar refractivity (Wildman–Crippen MR) is 113 cm³/mol. The summed E-state index contributed by atoms with van der Waals surface area (Å²) < 4.78 is 5.16. The maximum absolute atomic E-state index is 11.6. The Hall–Kier alpha value is -2.54. The molecular formula is C21H25ClN2O4. The monoisotopic (exact) mass is 404 g/mol. The number of hydrogen-bond donors (Lipinski definition) is 4. The number of H-pyrrole nitrogens is 1. The zero-order valence-corrected chi connectivity index (χ0v) is 16.6. The van der Waals surface area contributed by atoms with Crippen molar-refractivity contribution in [2.45, 2.75) is 25.5 Å². The van der Waals surface area contributed by atoms with Crippen LogP contribution >= 0.6 is 12.4 Å². The maximum atomic E-state index is 11.6. The molecule has 1 aromatic heterocycles. The fraction of sp³-hybridized carbons (Fsp3) is 0.286. The number of aliphatic hydroxyl groups excluding tert-OH is 1. The first kappa shape index (κ1) is 21.8. The van der Waals surface area contributed by atoms with Crippen molar-refractivity contribution < 1.29 is 14.9 Å². The van der Waals surface area contributed by atoms with E-state index in [0.29, 0.717) is 23.0 Å². The normalized spacial score (nSPS) is 13.0. The summed E-state index contributed by atoms with van der Waals surface area (Å²) in [5, 5.41) is 24.3. The first-order valence-corrected chi connectivity index (χ1v) is 8.87. The molecule has 0 aliphatic rings. The number of halogens is 1. The van der Waals surface area contributed by atoms with Crippen molar-refractivity contribution in [3.05, 3.63) is 70.0 Å². The molecule has 2 aromatic carbocycles. The number of rotatable bonds is 7. The van der Waals surface area contributed by atoms with Crippen LogP contribution in [0.2, 0.25) is 0 Å². The van der Waals surface area contributed by atoms with Crippen LogP contribution in [0.15, 0.2) is 53.3 Å². The molecule has 0 saturated heterocycles. The molecule has 0 unspecified atom stereocenters. The minimum atomic E-state index is -0.766. The maximum Gasteiger partial charge on any atom is 0.290 e. The molecule has 0 saturated carbocycles. The van der Waals surface area contributed by atoms with Crippen molar-refractivity contribution in [3.8, 4) is 11.5 Å². The lowest BCUT2D eigenvalue weighted by Gasteiger charge is -2.19. The van der Waals surface area contributed by atoms with E-state index in [9.17, 15) is 15.0 Å². The first-order valence-electron chi connectivity index (χ1n) is 8.87. The lowest BCUT2D eigenvalue weighted by Crippen LogP contribution is -2.32. The number of benzene rings is 2. The van der Waals surface area contributed by atoms with Gasteiger partial charge in [0.2, 0.25) is 0 Å². The Morgan fingerprint density at radius 3 is 2.57 bits per heavy atom. The van der Waals surface area contributed by atoms with Crippen molar-refractivity contribution >= 4 is 23.3 Å². The molecule has 6 nitrogen and oxygen atoms in total. The standard InChI is InChI=1S/C21H24N2O4.ClH/c1-13(10-14-6-8-15(27-2)9-7-14)22-12-20(25)16-4-3-5-18-17(16)11-19(24)21(26)23-18;/h3-9,11,13,20,22,24-25H,10,12H2,1-2H3,(H,23,26);1H/t13-,20+;/m1./s1. The second kappa shape index (κ2) is 9.59. The molecule has 0 fully saturated rings. The molecule has 0 radical (unpaired) electrons. The third-order valence-corrected chi connectivity index (χ3v) is 4.62. The van der Waals surface area contributed by atoms with Gasteiger partial charge in [-0.1, -0.05) is 24.3 Å². The van der Waals surface area contributed by atoms with Gasteiger partial charge in [-0.2, -0.15) is 0 Å². The van der Waals surface area contributed by atoms with Gasteiger partial charge in [-0.3, -0.25) is 4.79 Å². The van der Waals surface area contributed by atoms with Crippen LogP contribution in [0.5, 0.6) is 11.5 Å². The van der Waals surface area contributed by atoms with E-state index in [1.165, 1.54) is 11.6 Å². The summed E-state index contributed by atoms with van der Waals surface area (Å²) in [5.41, 5.74) is 1.88. The molecule has 1 heterocycles. The van der Waals surface area contributed by atoms with Crippen LogP contribution in [0, 0.1) is 0 Å². The number of methoxy groups -OCH3 is 1. The number of aromatic amines is 1. The molecule has 0 spiro atoms. The number of nitrogens with one attached hydrogen (secondary N) is 2. The Bertz CT molecular complexity index is 972. The predicted octanol–water partition coefficient (Wildman–Crippen LogP) is 2.92. The Morgan fingerprint density at radius 1 is 1.18 bits per heavy atom. The van der Waals surface area contributed by atoms with Crippen LogP contribution < -0.4 is 15.6 Å². The van der Waals surface area contributed by atoms with E-state index in [1.807, 2.05) is 24.3 Å². The van der Waals surface area contributed by atoms with Crippen LogP contribution in [0.1, 0.15) is 24.2 Å². The zero-order chi connectivity index (χ0) is 19.4. The van der Waals surface area contributed by atoms with Crippen molar-refractivity contribution in [1.82, 2.24) is 10.3 Å². The summed E-state index contributed by atoms with van der Waals surface area (Å²) in [6.45, 7) is 2.42. The van der Waals surface area contributed by atoms with E-state index >= 15 is 0 Å². The zero-order valence-electron chi connectivity index (χ0n) is 15.8. The fourth-order valence-corrected chi connectivity index (χ4v) is 3.14. The van der Waals surface area contributed by atoms with E-state index < -0.39 is 11.7 Å². The molecule has 3 rings (SSSR count). The number of aromatic hydroxyl groups is 1. The van der Waals surface area contributed by atoms with Gasteiger partial charge in [0.25, 0.3) is 5.56 Å². The summed E-state index contributed by atoms with van der Waals surface area (Å²) in [6, 6.07) is 14.8. The Labute approximate surface area is 169 Å². The molecular weight excluding hydrogens is 380 g/mol. The van der Waals surface area contributed by atoms with Gasteiger partial charge in [-0.05, 0) is 48.7 Å². The highest BCUT2D eigenvalue weighted by Gasteiger charge is 2.14. The van der Waals surface area contributed by atoms with Gasteiger partial charge < -0.3 is 25.3 Å². The Morgan fingerprint density at radius 2 is 1.89 bits per heavy atom. The first-order chi connectivity index (χ1) is 13.0. The summed E-state index contributed by atoms with van der Waals surface area (Å²) in [7, 11) is 1.64. The highest BCUT2D eigenvalue weighted by molar-refractivity contribution is 5.85. The van der Waals surface area contributed by atoms with Gasteiger partial charge in [0, 0.05) is 23.5 Å². The van der Waals surface area contributed by atoms with E-state index in [2.05, 4.69) is 17.2 Å². The SMILES string of the molecule is COc1ccc(C[C@@H](C)NC[C@H](O)c2cccc3[nH]c(=O)c(O)cc23)cc1.Cl. The average Bonchev–Trinajstić information content (AvgIpc) is 2.67. The van der Waals surface area contributed by atoms with Crippen molar-refractivity contribution in [2.75, 3.05) is 13.7 Å². The largest absolute Gasteiger partial charge is 0.503 e. The number of ether oxygens (including phenoxy) is 1. The second-order valence-electron chi connectivity index (χ2n) is 6.67. The number of aromatic nitrogens is 1. The summed E-state index contributed by atoms with van der Waals surface area (Å²) in [4.78, 5) is 14.2. The molecule has 0 aliphatic carbocycles. The van der Waals surface area contributed by atoms with Crippen LogP contribution in [0.3, 0.4) is 0 Å². The third kappa shape index (κ3) is 5.04. The van der Waals surface area contributed by atoms with E-state index in [1.54, 1.807) is 25.3 Å². The molecule has 150 valence electrons. The lowest BCUT2D eigenvalue weighted by molar-refractivity contribution is 0.172. The highest BCUT2D eigenvalue weighted by Crippen LogP contribution is 2.24. The summed E-state index contributed by atoms with van der Waals surface area (Å²) >= 11 is 0. The van der Waals surface area contributed by atoms with Gasteiger partial charge in [0.05, 0.1) is 13.2 Å². The van der Waals surface area contributed by atoms with Crippen molar-refractivity contribution in [2.24, 2.45) is 0 Å². The van der Waals surface area contributed by atoms with Gasteiger partial charge in [0.1, 0.15) is 5.75 Å². The Balaban J connectivity index is 0.00000280. The number of fused-ring (bicyclic) bond motifs is 1. The van der Waals surface area contributed by atoms with Gasteiger partial charge in [-0.25, -0.2) is 0 Å². The number of aliphatic hydroxyl groups is 1. The molecule has 4 N–H and O–H groups in total. The average molecular weight is 405 g/mol. The molecule has 0 aliphatic heterocycles. The molecule has 0 amide bonds. The lowest BCUT2D eigenvalue weighted by atomic mass is 10.0. The topological polar surface area (TPSA) is 94.6 Å². The highest BCUT2D eigenvalue weighted by atomic mass is 35.5. The minimum absolute atomic E-state index is 0. The van der Waals surface area contributed by atoms with Crippen LogP contribution in [-0.2, 0) is 6.42 Å². The third-order valence-electron chi connectivity index (χ3n) is 4.62. The minimum Gasteiger partial charge on any atom is -0.503 e. The molecule has 3 aromatic rings. The van der Waals surface area contributed by atoms with Crippen LogP contribution in [0.4, 0.5) is 0 Å². The molecule has 7 heteroatoms. The van der Waals surface area contributed by atoms with E-state index in [0.717, 1.165) is 12.2 Å². The van der Waals surface area contributed by atoms with Gasteiger partial charge in [-0.15, -0.1) is 12.4 Å². The summed E-state index contributed by atoms with van der Waals surface area (Å²) in [5.74, 6) is 0.468. The van der Waals surface area contributed by atoms with Crippen molar-refractivity contribution in [1.29, 1.82) is 0 Å². The number of pyridine rings is 1. The summed E-state index contributed by atoms with van der Waals surface area (Å²) in [6.07, 6.45) is 0.0534. The molecule has 28 heavy (non-hydrogen) atoms. The fourth-order valence-electron chi connectivity index (χ4n) is 3.14. The smallest absolute Gasteiger partial charge is 0.290 e. The second-order valence-corrected chi connectivity index (χ2v) is 6.67. The molecule has 0 bridgehead atoms. The van der Waals surface area contributed by atoms with Crippen molar-refractivity contribution in [3.63, 3.8) is 0 Å². The number of hydrogen-bond acceptors (Lipinski definition) is 5. The quantitative estimate of drug-likeness (QED) is 0.485. The molecule has 2 atom stereocenters. The van der Waals surface area contributed by atoms with E-state index in [4.69, 9.17) is 4.74 Å². The Kier molecular flexibility index (Phi) is 7.45. The van der Waals surface area contributed by atoms with Gasteiger partial charge in [0.15, 0.2) is 5.75 Å². The van der Waals surface area contributed by atoms with E-state index in [-0.39, 0.29) is 24.2 Å². The van der Waals surface area contributed by atoms with Gasteiger partial charge >= 0.3 is 0 Å².